The molecule has 2 rings (SSSR count). The average Bonchev–Trinajstić information content (AvgIpc) is 2.48. The van der Waals surface area contributed by atoms with Gasteiger partial charge in [-0.05, 0) is 54.5 Å². The molecule has 6 heteroatoms. The first-order valence-electron chi connectivity index (χ1n) is 6.86. The molecule has 118 valence electrons. The highest BCUT2D eigenvalue weighted by Crippen LogP contribution is 2.16. The molecule has 4 N–H and O–H groups in total. The lowest BCUT2D eigenvalue weighted by atomic mass is 10.1. The molecule has 23 heavy (non-hydrogen) atoms. The molecule has 0 atom stereocenters. The zero-order chi connectivity index (χ0) is 16.8. The second-order valence-electron chi connectivity index (χ2n) is 4.89. The fraction of sp³-hybridized carbons (Fsp3) is 0.0588. The molecule has 2 aromatic carbocycles. The molecule has 0 spiro atoms. The molecule has 0 aromatic heterocycles. The Balaban J connectivity index is 2.04. The number of nitrogens with two attached hydrogens (primary N) is 1. The molecule has 3 amide bonds. The highest BCUT2D eigenvalue weighted by Gasteiger charge is 2.03. The molecular weight excluding hydrogens is 297 g/mol. The summed E-state index contributed by atoms with van der Waals surface area (Å²) in [5.74, 6) is -0.685. The van der Waals surface area contributed by atoms with Gasteiger partial charge in [0.25, 0.3) is 0 Å². The number of primary amides is 1. The topological polar surface area (TPSA) is 84.2 Å². The lowest BCUT2D eigenvalue weighted by Gasteiger charge is -2.06. The number of amides is 3. The van der Waals surface area contributed by atoms with E-state index in [-0.39, 0.29) is 11.7 Å². The zero-order valence-electron chi connectivity index (χ0n) is 12.5. The second-order valence-corrected chi connectivity index (χ2v) is 4.89. The van der Waals surface area contributed by atoms with E-state index < -0.39 is 6.03 Å². The third kappa shape index (κ3) is 4.96. The molecule has 5 nitrogen and oxygen atoms in total. The van der Waals surface area contributed by atoms with Gasteiger partial charge in [-0.1, -0.05) is 12.1 Å². The van der Waals surface area contributed by atoms with Crippen molar-refractivity contribution in [2.45, 2.75) is 6.92 Å². The van der Waals surface area contributed by atoms with E-state index in [0.717, 1.165) is 0 Å². The van der Waals surface area contributed by atoms with E-state index in [2.05, 4.69) is 10.6 Å². The lowest BCUT2D eigenvalue weighted by Crippen LogP contribution is -2.19. The summed E-state index contributed by atoms with van der Waals surface area (Å²) in [6.07, 6.45) is 1.39. The van der Waals surface area contributed by atoms with Gasteiger partial charge in [0, 0.05) is 17.5 Å². The molecule has 0 heterocycles. The van der Waals surface area contributed by atoms with E-state index in [0.29, 0.717) is 22.5 Å². The van der Waals surface area contributed by atoms with Crippen molar-refractivity contribution in [3.8, 4) is 0 Å². The quantitative estimate of drug-likeness (QED) is 0.756. The molecule has 0 unspecified atom stereocenters. The van der Waals surface area contributed by atoms with Crippen molar-refractivity contribution in [3.63, 3.8) is 0 Å². The number of benzene rings is 2. The number of hydrogen-bond donors (Lipinski definition) is 3. The number of allylic oxidation sites excluding steroid dienone is 1. The number of carbonyl (C=O) groups is 2. The Morgan fingerprint density at radius 2 is 1.65 bits per heavy atom. The number of halogens is 1. The van der Waals surface area contributed by atoms with Gasteiger partial charge in [0.1, 0.15) is 5.82 Å². The van der Waals surface area contributed by atoms with Crippen LogP contribution in [0, 0.1) is 5.82 Å². The molecule has 0 fully saturated rings. The number of urea groups is 1. The Hall–Kier alpha value is -3.15. The minimum atomic E-state index is -0.657. The summed E-state index contributed by atoms with van der Waals surface area (Å²) in [5.41, 5.74) is 7.39. The minimum absolute atomic E-state index is 0.331. The fourth-order valence-electron chi connectivity index (χ4n) is 1.97. The van der Waals surface area contributed by atoms with Gasteiger partial charge in [0.2, 0.25) is 5.91 Å². The van der Waals surface area contributed by atoms with Crippen molar-refractivity contribution in [1.29, 1.82) is 0 Å². The van der Waals surface area contributed by atoms with Gasteiger partial charge in [-0.15, -0.1) is 0 Å². The minimum Gasteiger partial charge on any atom is -0.351 e. The predicted molar refractivity (Wildman–Crippen MR) is 88.3 cm³/mol. The Morgan fingerprint density at radius 3 is 2.22 bits per heavy atom. The van der Waals surface area contributed by atoms with Crippen molar-refractivity contribution in [2.75, 3.05) is 10.6 Å². The van der Waals surface area contributed by atoms with Crippen LogP contribution in [-0.2, 0) is 4.79 Å². The smallest absolute Gasteiger partial charge is 0.316 e. The maximum Gasteiger partial charge on any atom is 0.316 e. The normalized spacial score (nSPS) is 11.0. The number of hydrogen-bond acceptors (Lipinski definition) is 2. The van der Waals surface area contributed by atoms with Crippen molar-refractivity contribution < 1.29 is 14.0 Å². The van der Waals surface area contributed by atoms with Crippen molar-refractivity contribution in [1.82, 2.24) is 0 Å². The first-order chi connectivity index (χ1) is 10.9. The van der Waals surface area contributed by atoms with Gasteiger partial charge in [-0.2, -0.15) is 0 Å². The average molecular weight is 313 g/mol. The van der Waals surface area contributed by atoms with E-state index >= 15 is 0 Å². The first-order valence-corrected chi connectivity index (χ1v) is 6.86. The Morgan fingerprint density at radius 1 is 1.04 bits per heavy atom. The van der Waals surface area contributed by atoms with Crippen LogP contribution in [0.3, 0.4) is 0 Å². The largest absolute Gasteiger partial charge is 0.351 e. The Labute approximate surface area is 133 Å². The van der Waals surface area contributed by atoms with E-state index in [4.69, 9.17) is 5.73 Å². The SMILES string of the molecule is C/C(=C/C(=O)Nc1ccc(NC(N)=O)cc1)c1cccc(F)c1. The van der Waals surface area contributed by atoms with Crippen LogP contribution in [0.25, 0.3) is 5.57 Å². The number of rotatable bonds is 4. The van der Waals surface area contributed by atoms with E-state index in [9.17, 15) is 14.0 Å². The summed E-state index contributed by atoms with van der Waals surface area (Å²) < 4.78 is 13.2. The molecule has 0 aliphatic rings. The third-order valence-corrected chi connectivity index (χ3v) is 3.05. The fourth-order valence-corrected chi connectivity index (χ4v) is 1.97. The standard InChI is InChI=1S/C17H16FN3O2/c1-11(12-3-2-4-13(18)10-12)9-16(22)20-14-5-7-15(8-6-14)21-17(19)23/h2-10H,1H3,(H,20,22)(H3,19,21,23)/b11-9-. The molecule has 2 aromatic rings. The highest BCUT2D eigenvalue weighted by molar-refractivity contribution is 6.03. The third-order valence-electron chi connectivity index (χ3n) is 3.05. The van der Waals surface area contributed by atoms with E-state index in [1.807, 2.05) is 0 Å². The summed E-state index contributed by atoms with van der Waals surface area (Å²) in [6.45, 7) is 1.73. The maximum absolute atomic E-state index is 13.2. The van der Waals surface area contributed by atoms with Gasteiger partial charge in [0.15, 0.2) is 0 Å². The van der Waals surface area contributed by atoms with Crippen LogP contribution >= 0.6 is 0 Å². The molecule has 0 saturated heterocycles. The van der Waals surface area contributed by atoms with E-state index in [1.54, 1.807) is 43.3 Å². The van der Waals surface area contributed by atoms with Crippen LogP contribution in [0.1, 0.15) is 12.5 Å². The van der Waals surface area contributed by atoms with Gasteiger partial charge in [-0.25, -0.2) is 9.18 Å². The Bertz CT molecular complexity index is 755. The second kappa shape index (κ2) is 7.22. The van der Waals surface area contributed by atoms with Crippen LogP contribution < -0.4 is 16.4 Å². The van der Waals surface area contributed by atoms with Crippen molar-refractivity contribution in [2.24, 2.45) is 5.73 Å². The summed E-state index contributed by atoms with van der Waals surface area (Å²) in [5, 5.41) is 5.11. The molecule has 0 bridgehead atoms. The molecule has 0 aliphatic carbocycles. The van der Waals surface area contributed by atoms with Crippen molar-refractivity contribution >= 4 is 28.9 Å². The number of carbonyl (C=O) groups excluding carboxylic acids is 2. The van der Waals surface area contributed by atoms with E-state index in [1.165, 1.54) is 18.2 Å². The summed E-state index contributed by atoms with van der Waals surface area (Å²) in [6, 6.07) is 11.9. The van der Waals surface area contributed by atoms with Crippen LogP contribution in [0.2, 0.25) is 0 Å². The summed E-state index contributed by atoms with van der Waals surface area (Å²) >= 11 is 0. The molecule has 0 aliphatic heterocycles. The van der Waals surface area contributed by atoms with Gasteiger partial charge < -0.3 is 16.4 Å². The Kier molecular flexibility index (Phi) is 5.09. The maximum atomic E-state index is 13.2. The van der Waals surface area contributed by atoms with Crippen LogP contribution in [0.4, 0.5) is 20.6 Å². The molecule has 0 radical (unpaired) electrons. The number of anilines is 2. The highest BCUT2D eigenvalue weighted by atomic mass is 19.1. The van der Waals surface area contributed by atoms with Crippen LogP contribution in [0.15, 0.2) is 54.6 Å². The monoisotopic (exact) mass is 313 g/mol. The van der Waals surface area contributed by atoms with Crippen molar-refractivity contribution in [3.05, 3.63) is 66.0 Å². The summed E-state index contributed by atoms with van der Waals surface area (Å²) in [4.78, 5) is 22.7. The van der Waals surface area contributed by atoms with Gasteiger partial charge >= 0.3 is 6.03 Å². The zero-order valence-corrected chi connectivity index (χ0v) is 12.5. The van der Waals surface area contributed by atoms with Crippen LogP contribution in [0.5, 0.6) is 0 Å². The first kappa shape index (κ1) is 16.2. The van der Waals surface area contributed by atoms with Gasteiger partial charge in [-0.3, -0.25) is 4.79 Å². The molecular formula is C17H16FN3O2. The lowest BCUT2D eigenvalue weighted by molar-refractivity contribution is -0.111. The molecule has 0 saturated carbocycles. The van der Waals surface area contributed by atoms with Crippen LogP contribution in [-0.4, -0.2) is 11.9 Å². The predicted octanol–water partition coefficient (Wildman–Crippen LogP) is 3.36. The summed E-state index contributed by atoms with van der Waals surface area (Å²) in [7, 11) is 0. The number of nitrogens with one attached hydrogen (secondary N) is 2. The van der Waals surface area contributed by atoms with Gasteiger partial charge in [0.05, 0.1) is 0 Å².